The second-order valence-corrected chi connectivity index (χ2v) is 6.21. The van der Waals surface area contributed by atoms with Crippen molar-refractivity contribution < 1.29 is 9.84 Å². The predicted molar refractivity (Wildman–Crippen MR) is 82.1 cm³/mol. The Hall–Kier alpha value is -1.06. The molecule has 1 atom stereocenters. The van der Waals surface area contributed by atoms with Crippen LogP contribution >= 0.6 is 0 Å². The molecule has 0 amide bonds. The van der Waals surface area contributed by atoms with Crippen LogP contribution in [-0.4, -0.2) is 25.4 Å². The van der Waals surface area contributed by atoms with Crippen LogP contribution in [0.3, 0.4) is 0 Å². The fourth-order valence-corrected chi connectivity index (χ4v) is 3.19. The van der Waals surface area contributed by atoms with Gasteiger partial charge in [-0.15, -0.1) is 0 Å². The lowest BCUT2D eigenvalue weighted by atomic mass is 9.87. The van der Waals surface area contributed by atoms with Gasteiger partial charge in [-0.1, -0.05) is 30.5 Å². The maximum Gasteiger partial charge on any atom is 0.123 e. The highest BCUT2D eigenvalue weighted by Crippen LogP contribution is 2.37. The van der Waals surface area contributed by atoms with Crippen molar-refractivity contribution in [2.45, 2.75) is 45.6 Å². The second-order valence-electron chi connectivity index (χ2n) is 6.21. The molecule has 3 heteroatoms. The third-order valence-electron chi connectivity index (χ3n) is 4.63. The first kappa shape index (κ1) is 15.3. The summed E-state index contributed by atoms with van der Waals surface area (Å²) in [5, 5.41) is 13.3. The van der Waals surface area contributed by atoms with Crippen LogP contribution in [0, 0.1) is 12.3 Å². The van der Waals surface area contributed by atoms with Gasteiger partial charge < -0.3 is 15.2 Å². The van der Waals surface area contributed by atoms with Crippen LogP contribution in [0.25, 0.3) is 0 Å². The van der Waals surface area contributed by atoms with Gasteiger partial charge in [-0.3, -0.25) is 0 Å². The molecule has 1 saturated carbocycles. The second kappa shape index (κ2) is 6.59. The molecule has 0 heterocycles. The van der Waals surface area contributed by atoms with Crippen molar-refractivity contribution in [2.75, 3.05) is 20.3 Å². The summed E-state index contributed by atoms with van der Waals surface area (Å²) in [5.74, 6) is 0.931. The summed E-state index contributed by atoms with van der Waals surface area (Å²) >= 11 is 0. The monoisotopic (exact) mass is 277 g/mol. The van der Waals surface area contributed by atoms with Gasteiger partial charge in [-0.2, -0.15) is 0 Å². The number of aliphatic hydroxyl groups is 1. The Morgan fingerprint density at radius 2 is 2.05 bits per heavy atom. The van der Waals surface area contributed by atoms with Gasteiger partial charge in [0.25, 0.3) is 0 Å². The van der Waals surface area contributed by atoms with Crippen LogP contribution < -0.4 is 10.1 Å². The van der Waals surface area contributed by atoms with Gasteiger partial charge in [-0.25, -0.2) is 0 Å². The fourth-order valence-electron chi connectivity index (χ4n) is 3.19. The average Bonchev–Trinajstić information content (AvgIpc) is 2.94. The lowest BCUT2D eigenvalue weighted by molar-refractivity contribution is 0.125. The van der Waals surface area contributed by atoms with E-state index >= 15 is 0 Å². The molecule has 1 aromatic rings. The molecule has 1 aliphatic rings. The Labute approximate surface area is 122 Å². The number of methoxy groups -OCH3 is 1. The lowest BCUT2D eigenvalue weighted by Gasteiger charge is -2.29. The van der Waals surface area contributed by atoms with Crippen LogP contribution in [0.2, 0.25) is 0 Å². The Kier molecular flexibility index (Phi) is 5.06. The van der Waals surface area contributed by atoms with E-state index in [1.165, 1.54) is 24.0 Å². The van der Waals surface area contributed by atoms with E-state index in [1.54, 1.807) is 7.11 Å². The fraction of sp³-hybridized carbons (Fsp3) is 0.647. The Balaban J connectivity index is 2.04. The smallest absolute Gasteiger partial charge is 0.123 e. The zero-order chi connectivity index (χ0) is 14.6. The average molecular weight is 277 g/mol. The minimum absolute atomic E-state index is 0.0886. The summed E-state index contributed by atoms with van der Waals surface area (Å²) in [6, 6.07) is 6.51. The van der Waals surface area contributed by atoms with Crippen molar-refractivity contribution in [3.05, 3.63) is 29.3 Å². The molecule has 2 rings (SSSR count). The number of aliphatic hydroxyl groups excluding tert-OH is 1. The molecule has 1 fully saturated rings. The van der Waals surface area contributed by atoms with Crippen LogP contribution in [0.4, 0.5) is 0 Å². The van der Waals surface area contributed by atoms with Crippen molar-refractivity contribution in [2.24, 2.45) is 5.41 Å². The van der Waals surface area contributed by atoms with Gasteiger partial charge in [0.15, 0.2) is 0 Å². The summed E-state index contributed by atoms with van der Waals surface area (Å²) in [5.41, 5.74) is 2.52. The minimum atomic E-state index is 0.0886. The molecule has 0 radical (unpaired) electrons. The molecule has 1 unspecified atom stereocenters. The van der Waals surface area contributed by atoms with Gasteiger partial charge in [0, 0.05) is 30.2 Å². The molecular formula is C17H27NO2. The lowest BCUT2D eigenvalue weighted by Crippen LogP contribution is -2.36. The third kappa shape index (κ3) is 3.33. The number of hydrogen-bond donors (Lipinski definition) is 2. The number of nitrogens with one attached hydrogen (secondary N) is 1. The topological polar surface area (TPSA) is 41.5 Å². The molecule has 2 N–H and O–H groups in total. The van der Waals surface area contributed by atoms with Crippen molar-refractivity contribution in [1.82, 2.24) is 5.32 Å². The molecule has 1 aromatic carbocycles. The largest absolute Gasteiger partial charge is 0.496 e. The first-order valence-corrected chi connectivity index (χ1v) is 7.59. The van der Waals surface area contributed by atoms with Gasteiger partial charge in [0.1, 0.15) is 5.75 Å². The highest BCUT2D eigenvalue weighted by Gasteiger charge is 2.33. The minimum Gasteiger partial charge on any atom is -0.496 e. The van der Waals surface area contributed by atoms with Crippen molar-refractivity contribution in [3.63, 3.8) is 0 Å². The summed E-state index contributed by atoms with van der Waals surface area (Å²) in [6.07, 6.45) is 4.75. The summed E-state index contributed by atoms with van der Waals surface area (Å²) in [6.45, 7) is 5.43. The Morgan fingerprint density at radius 3 is 2.65 bits per heavy atom. The maximum absolute atomic E-state index is 9.68. The number of ether oxygens (including phenoxy) is 1. The molecule has 112 valence electrons. The molecule has 0 aromatic heterocycles. The van der Waals surface area contributed by atoms with E-state index in [0.29, 0.717) is 0 Å². The summed E-state index contributed by atoms with van der Waals surface area (Å²) in [4.78, 5) is 0. The van der Waals surface area contributed by atoms with E-state index in [9.17, 15) is 5.11 Å². The van der Waals surface area contributed by atoms with Crippen molar-refractivity contribution in [3.8, 4) is 5.75 Å². The number of rotatable bonds is 6. The van der Waals surface area contributed by atoms with E-state index in [0.717, 1.165) is 25.1 Å². The molecular weight excluding hydrogens is 250 g/mol. The SMILES string of the molecule is COc1ccc(C)cc1C(C)NCC1(CO)CCCC1. The third-order valence-corrected chi connectivity index (χ3v) is 4.63. The summed E-state index contributed by atoms with van der Waals surface area (Å²) < 4.78 is 5.46. The molecule has 0 aliphatic heterocycles. The van der Waals surface area contributed by atoms with Crippen molar-refractivity contribution in [1.29, 1.82) is 0 Å². The van der Waals surface area contributed by atoms with Crippen LogP contribution in [-0.2, 0) is 0 Å². The first-order valence-electron chi connectivity index (χ1n) is 7.59. The molecule has 0 bridgehead atoms. The van der Waals surface area contributed by atoms with E-state index in [2.05, 4.69) is 31.3 Å². The van der Waals surface area contributed by atoms with E-state index in [-0.39, 0.29) is 18.1 Å². The molecule has 3 nitrogen and oxygen atoms in total. The van der Waals surface area contributed by atoms with Gasteiger partial charge in [-0.05, 0) is 32.8 Å². The van der Waals surface area contributed by atoms with Crippen LogP contribution in [0.1, 0.15) is 49.8 Å². The molecule has 0 saturated heterocycles. The standard InChI is InChI=1S/C17H27NO2/c1-13-6-7-16(20-3)15(10-13)14(2)18-11-17(12-19)8-4-5-9-17/h6-7,10,14,18-19H,4-5,8-9,11-12H2,1-3H3. The summed E-state index contributed by atoms with van der Waals surface area (Å²) in [7, 11) is 1.72. The van der Waals surface area contributed by atoms with Gasteiger partial charge in [0.2, 0.25) is 0 Å². The molecule has 1 aliphatic carbocycles. The van der Waals surface area contributed by atoms with E-state index in [1.807, 2.05) is 6.07 Å². The number of benzene rings is 1. The highest BCUT2D eigenvalue weighted by atomic mass is 16.5. The Morgan fingerprint density at radius 1 is 1.35 bits per heavy atom. The molecule has 20 heavy (non-hydrogen) atoms. The van der Waals surface area contributed by atoms with Crippen LogP contribution in [0.15, 0.2) is 18.2 Å². The molecule has 0 spiro atoms. The highest BCUT2D eigenvalue weighted by molar-refractivity contribution is 5.38. The van der Waals surface area contributed by atoms with Gasteiger partial charge >= 0.3 is 0 Å². The zero-order valence-electron chi connectivity index (χ0n) is 12.9. The number of aryl methyl sites for hydroxylation is 1. The van der Waals surface area contributed by atoms with Gasteiger partial charge in [0.05, 0.1) is 7.11 Å². The quantitative estimate of drug-likeness (QED) is 0.839. The zero-order valence-corrected chi connectivity index (χ0v) is 12.9. The van der Waals surface area contributed by atoms with E-state index in [4.69, 9.17) is 4.74 Å². The normalized spacial score (nSPS) is 19.0. The van der Waals surface area contributed by atoms with Crippen LogP contribution in [0.5, 0.6) is 5.75 Å². The first-order chi connectivity index (χ1) is 9.60. The van der Waals surface area contributed by atoms with E-state index < -0.39 is 0 Å². The Bertz CT molecular complexity index is 439. The maximum atomic E-state index is 9.68. The van der Waals surface area contributed by atoms with Crippen molar-refractivity contribution >= 4 is 0 Å². The number of hydrogen-bond acceptors (Lipinski definition) is 3. The predicted octanol–water partition coefficient (Wildman–Crippen LogP) is 3.21.